The fourth-order valence-corrected chi connectivity index (χ4v) is 4.12. The Morgan fingerprint density at radius 2 is 1.91 bits per heavy atom. The van der Waals surface area contributed by atoms with Crippen LogP contribution in [0.25, 0.3) is 21.9 Å². The summed E-state index contributed by atoms with van der Waals surface area (Å²) in [6.45, 7) is 3.62. The molecule has 4 aromatic rings. The number of aromatic nitrogens is 1. The van der Waals surface area contributed by atoms with E-state index in [0.717, 1.165) is 46.7 Å². The van der Waals surface area contributed by atoms with E-state index in [2.05, 4.69) is 17.2 Å². The molecule has 0 unspecified atom stereocenters. The maximum atomic E-state index is 12.8. The number of H-pyrrole nitrogens is 1. The van der Waals surface area contributed by atoms with Crippen molar-refractivity contribution in [3.05, 3.63) is 76.3 Å². The van der Waals surface area contributed by atoms with Crippen LogP contribution in [0.4, 0.5) is 0 Å². The van der Waals surface area contributed by atoms with Crippen LogP contribution in [0.5, 0.6) is 5.75 Å². The van der Waals surface area contributed by atoms with Crippen molar-refractivity contribution < 1.29 is 23.8 Å². The molecule has 35 heavy (non-hydrogen) atoms. The molecule has 2 heterocycles. The summed E-state index contributed by atoms with van der Waals surface area (Å²) in [5, 5.41) is 14.0. The van der Waals surface area contributed by atoms with Gasteiger partial charge in [0.1, 0.15) is 17.4 Å². The maximum absolute atomic E-state index is 12.8. The van der Waals surface area contributed by atoms with Crippen LogP contribution < -0.4 is 15.7 Å². The van der Waals surface area contributed by atoms with Gasteiger partial charge in [0.2, 0.25) is 0 Å². The zero-order chi connectivity index (χ0) is 24.9. The molecule has 4 rings (SSSR count). The Labute approximate surface area is 201 Å². The fourth-order valence-electron chi connectivity index (χ4n) is 4.12. The zero-order valence-corrected chi connectivity index (χ0v) is 19.7. The second-order valence-electron chi connectivity index (χ2n) is 8.58. The number of carboxylic acid groups (broad SMARTS) is 1. The fraction of sp³-hybridized carbons (Fsp3) is 0.296. The maximum Gasteiger partial charge on any atom is 0.336 e. The van der Waals surface area contributed by atoms with Gasteiger partial charge in [-0.3, -0.25) is 4.79 Å². The first-order chi connectivity index (χ1) is 16.9. The number of aliphatic carboxylic acids is 1. The first-order valence-electron chi connectivity index (χ1n) is 11.7. The van der Waals surface area contributed by atoms with E-state index in [0.29, 0.717) is 11.3 Å². The third kappa shape index (κ3) is 5.54. The molecule has 0 bridgehead atoms. The summed E-state index contributed by atoms with van der Waals surface area (Å²) in [6.07, 6.45) is 3.64. The molecule has 2 atom stereocenters. The monoisotopic (exact) mass is 476 g/mol. The van der Waals surface area contributed by atoms with Crippen LogP contribution in [0.15, 0.2) is 63.9 Å². The molecule has 8 nitrogen and oxygen atoms in total. The zero-order valence-electron chi connectivity index (χ0n) is 19.7. The van der Waals surface area contributed by atoms with Gasteiger partial charge >= 0.3 is 11.6 Å². The number of rotatable bonds is 10. The highest BCUT2D eigenvalue weighted by atomic mass is 16.5. The number of fused-ring (bicyclic) bond motifs is 2. The van der Waals surface area contributed by atoms with E-state index in [1.165, 1.54) is 13.0 Å². The van der Waals surface area contributed by atoms with E-state index < -0.39 is 29.6 Å². The van der Waals surface area contributed by atoms with Gasteiger partial charge < -0.3 is 24.6 Å². The third-order valence-corrected chi connectivity index (χ3v) is 6.00. The van der Waals surface area contributed by atoms with Gasteiger partial charge in [0.05, 0.1) is 0 Å². The summed E-state index contributed by atoms with van der Waals surface area (Å²) >= 11 is 0. The number of aryl methyl sites for hydroxylation is 1. The van der Waals surface area contributed by atoms with Crippen LogP contribution in [0.3, 0.4) is 0 Å². The van der Waals surface area contributed by atoms with Crippen LogP contribution >= 0.6 is 0 Å². The van der Waals surface area contributed by atoms with Gasteiger partial charge in [-0.2, -0.15) is 0 Å². The molecule has 0 spiro atoms. The summed E-state index contributed by atoms with van der Waals surface area (Å²) in [6, 6.07) is 13.1. The average molecular weight is 477 g/mol. The Bertz CT molecular complexity index is 1420. The van der Waals surface area contributed by atoms with Crippen molar-refractivity contribution in [3.63, 3.8) is 0 Å². The van der Waals surface area contributed by atoms with Crippen molar-refractivity contribution in [2.24, 2.45) is 0 Å². The number of benzene rings is 2. The number of hydrogen-bond donors (Lipinski definition) is 3. The van der Waals surface area contributed by atoms with Crippen molar-refractivity contribution in [2.45, 2.75) is 51.7 Å². The molecule has 3 N–H and O–H groups in total. The Morgan fingerprint density at radius 3 is 2.69 bits per heavy atom. The Hall–Kier alpha value is -4.07. The molecule has 0 fully saturated rings. The lowest BCUT2D eigenvalue weighted by Gasteiger charge is -2.19. The normalized spacial score (nSPS) is 13.0. The molecule has 2 aromatic carbocycles. The Morgan fingerprint density at radius 1 is 1.11 bits per heavy atom. The predicted octanol–water partition coefficient (Wildman–Crippen LogP) is 4.20. The first kappa shape index (κ1) is 24.1. The minimum atomic E-state index is -1.14. The minimum absolute atomic E-state index is 0.124. The van der Waals surface area contributed by atoms with E-state index >= 15 is 0 Å². The minimum Gasteiger partial charge on any atom is -0.481 e. The molecule has 1 amide bonds. The van der Waals surface area contributed by atoms with E-state index in [-0.39, 0.29) is 6.42 Å². The highest BCUT2D eigenvalue weighted by molar-refractivity contribution is 5.88. The second kappa shape index (κ2) is 10.5. The number of amides is 1. The molecule has 2 aromatic heterocycles. The van der Waals surface area contributed by atoms with Crippen LogP contribution in [0, 0.1) is 0 Å². The summed E-state index contributed by atoms with van der Waals surface area (Å²) in [7, 11) is 0. The van der Waals surface area contributed by atoms with Crippen LogP contribution in [0.1, 0.15) is 37.8 Å². The average Bonchev–Trinajstić information content (AvgIpc) is 3.24. The molecule has 0 saturated heterocycles. The van der Waals surface area contributed by atoms with E-state index in [9.17, 15) is 19.5 Å². The number of carboxylic acids is 1. The molecule has 0 aliphatic carbocycles. The quantitative estimate of drug-likeness (QED) is 0.295. The van der Waals surface area contributed by atoms with Gasteiger partial charge in [-0.1, -0.05) is 31.5 Å². The number of carbonyl (C=O) groups excluding carboxylic acids is 1. The SMILES string of the molecule is CCCCc1cc(=O)oc2cc(O[C@H](C)C(=O)N[C@@H](Cc3c[nH]c4ccccc34)C(=O)O)ccc12. The predicted molar refractivity (Wildman–Crippen MR) is 133 cm³/mol. The number of para-hydroxylation sites is 1. The van der Waals surface area contributed by atoms with Crippen molar-refractivity contribution in [3.8, 4) is 5.75 Å². The number of aromatic amines is 1. The standard InChI is InChI=1S/C27H28N2O6/c1-3-4-7-17-13-25(30)35-24-14-19(10-11-21(17)24)34-16(2)26(31)29-23(27(32)33)12-18-15-28-22-9-6-5-8-20(18)22/h5-6,8-11,13-16,23,28H,3-4,7,12H2,1-2H3,(H,29,31)(H,32,33)/t16-,23+/m1/s1. The number of unbranched alkanes of at least 4 members (excludes halogenated alkanes) is 1. The highest BCUT2D eigenvalue weighted by Gasteiger charge is 2.25. The highest BCUT2D eigenvalue weighted by Crippen LogP contribution is 2.25. The second-order valence-corrected chi connectivity index (χ2v) is 8.58. The summed E-state index contributed by atoms with van der Waals surface area (Å²) in [5.74, 6) is -1.35. The largest absolute Gasteiger partial charge is 0.481 e. The molecular weight excluding hydrogens is 448 g/mol. The van der Waals surface area contributed by atoms with Gasteiger partial charge in [0.15, 0.2) is 6.10 Å². The summed E-state index contributed by atoms with van der Waals surface area (Å²) in [5.41, 5.74) is 2.56. The van der Waals surface area contributed by atoms with E-state index in [1.807, 2.05) is 24.3 Å². The van der Waals surface area contributed by atoms with Gasteiger partial charge in [0, 0.05) is 41.0 Å². The van der Waals surface area contributed by atoms with E-state index in [1.54, 1.807) is 24.4 Å². The lowest BCUT2D eigenvalue weighted by atomic mass is 10.0. The number of carbonyl (C=O) groups is 2. The molecule has 0 saturated carbocycles. The molecule has 0 aliphatic rings. The number of nitrogens with one attached hydrogen (secondary N) is 2. The topological polar surface area (TPSA) is 122 Å². The first-order valence-corrected chi connectivity index (χ1v) is 11.7. The van der Waals surface area contributed by atoms with Gasteiger partial charge in [-0.25, -0.2) is 9.59 Å². The van der Waals surface area contributed by atoms with Gasteiger partial charge in [-0.05, 0) is 49.1 Å². The molecule has 8 heteroatoms. The van der Waals surface area contributed by atoms with Gasteiger partial charge in [0.25, 0.3) is 5.91 Å². The summed E-state index contributed by atoms with van der Waals surface area (Å²) < 4.78 is 11.1. The van der Waals surface area contributed by atoms with Crippen molar-refractivity contribution in [1.29, 1.82) is 0 Å². The summed E-state index contributed by atoms with van der Waals surface area (Å²) in [4.78, 5) is 39.7. The Balaban J connectivity index is 1.46. The van der Waals surface area contributed by atoms with Crippen LogP contribution in [-0.4, -0.2) is 34.1 Å². The Kier molecular flexibility index (Phi) is 7.19. The number of hydrogen-bond acceptors (Lipinski definition) is 5. The molecule has 0 aliphatic heterocycles. The van der Waals surface area contributed by atoms with Crippen molar-refractivity contribution in [1.82, 2.24) is 10.3 Å². The lowest BCUT2D eigenvalue weighted by molar-refractivity contribution is -0.142. The molecule has 0 radical (unpaired) electrons. The molecular formula is C27H28N2O6. The van der Waals surface area contributed by atoms with E-state index in [4.69, 9.17) is 9.15 Å². The lowest BCUT2D eigenvalue weighted by Crippen LogP contribution is -2.47. The van der Waals surface area contributed by atoms with Gasteiger partial charge in [-0.15, -0.1) is 0 Å². The third-order valence-electron chi connectivity index (χ3n) is 6.00. The van der Waals surface area contributed by atoms with Crippen molar-refractivity contribution in [2.75, 3.05) is 0 Å². The van der Waals surface area contributed by atoms with Crippen LogP contribution in [-0.2, 0) is 22.4 Å². The van der Waals surface area contributed by atoms with Crippen LogP contribution in [0.2, 0.25) is 0 Å². The van der Waals surface area contributed by atoms with Crippen molar-refractivity contribution >= 4 is 33.7 Å². The number of ether oxygens (including phenoxy) is 1. The molecule has 182 valence electrons. The smallest absolute Gasteiger partial charge is 0.336 e.